The Balaban J connectivity index is 2.67. The second-order valence-corrected chi connectivity index (χ2v) is 5.95. The van der Waals surface area contributed by atoms with E-state index in [1.54, 1.807) is 0 Å². The standard InChI is InChI=1S/C18H28N2O3/c1-4-5-6-7-10-14(2)18(22)20-15(11-8-9-12-19)16(23-3)13-17(20)21/h1,13-15H,5-12,19H2,2-3H3/t14-,15+/m1/s1. The molecule has 0 saturated heterocycles. The fraction of sp³-hybridized carbons (Fsp3) is 0.667. The van der Waals surface area contributed by atoms with Crippen LogP contribution in [0.3, 0.4) is 0 Å². The Morgan fingerprint density at radius 2 is 2.17 bits per heavy atom. The lowest BCUT2D eigenvalue weighted by molar-refractivity contribution is -0.146. The first kappa shape index (κ1) is 19.2. The summed E-state index contributed by atoms with van der Waals surface area (Å²) in [5, 5.41) is 0. The maximum absolute atomic E-state index is 12.7. The third-order valence-electron chi connectivity index (χ3n) is 4.18. The van der Waals surface area contributed by atoms with E-state index in [0.29, 0.717) is 18.7 Å². The molecule has 0 radical (unpaired) electrons. The van der Waals surface area contributed by atoms with Crippen LogP contribution in [-0.2, 0) is 14.3 Å². The lowest BCUT2D eigenvalue weighted by Gasteiger charge is -2.27. The van der Waals surface area contributed by atoms with E-state index >= 15 is 0 Å². The third-order valence-corrected chi connectivity index (χ3v) is 4.18. The largest absolute Gasteiger partial charge is 0.499 e. The third kappa shape index (κ3) is 5.40. The fourth-order valence-corrected chi connectivity index (χ4v) is 2.82. The topological polar surface area (TPSA) is 72.6 Å². The van der Waals surface area contributed by atoms with E-state index in [1.807, 2.05) is 6.92 Å². The number of carbonyl (C=O) groups is 2. The summed E-state index contributed by atoms with van der Waals surface area (Å²) in [6.07, 6.45) is 12.3. The summed E-state index contributed by atoms with van der Waals surface area (Å²) in [4.78, 5) is 26.2. The molecule has 5 heteroatoms. The highest BCUT2D eigenvalue weighted by Crippen LogP contribution is 2.27. The Morgan fingerprint density at radius 1 is 1.43 bits per heavy atom. The Kier molecular flexibility index (Phi) is 8.42. The molecule has 0 aromatic rings. The van der Waals surface area contributed by atoms with Crippen LogP contribution < -0.4 is 5.73 Å². The van der Waals surface area contributed by atoms with Crippen LogP contribution in [0.15, 0.2) is 11.8 Å². The van der Waals surface area contributed by atoms with Crippen molar-refractivity contribution in [2.45, 2.75) is 57.9 Å². The van der Waals surface area contributed by atoms with Gasteiger partial charge in [0, 0.05) is 18.4 Å². The molecule has 0 saturated carbocycles. The number of hydrogen-bond donors (Lipinski definition) is 1. The van der Waals surface area contributed by atoms with Gasteiger partial charge in [-0.2, -0.15) is 0 Å². The van der Waals surface area contributed by atoms with Gasteiger partial charge in [-0.25, -0.2) is 0 Å². The van der Waals surface area contributed by atoms with Crippen molar-refractivity contribution in [3.8, 4) is 12.3 Å². The molecule has 2 N–H and O–H groups in total. The van der Waals surface area contributed by atoms with E-state index in [2.05, 4.69) is 5.92 Å². The number of rotatable bonds is 10. The first-order chi connectivity index (χ1) is 11.1. The number of hydrogen-bond acceptors (Lipinski definition) is 4. The highest BCUT2D eigenvalue weighted by atomic mass is 16.5. The van der Waals surface area contributed by atoms with Gasteiger partial charge in [0.2, 0.25) is 5.91 Å². The molecule has 0 aromatic carbocycles. The summed E-state index contributed by atoms with van der Waals surface area (Å²) in [5.74, 6) is 2.57. The SMILES string of the molecule is C#CCCCC[C@@H](C)C(=O)N1C(=O)C=C(OC)[C@@H]1CCCCN. The average molecular weight is 320 g/mol. The molecule has 23 heavy (non-hydrogen) atoms. The van der Waals surface area contributed by atoms with Crippen LogP contribution in [0.1, 0.15) is 51.9 Å². The van der Waals surface area contributed by atoms with Crippen LogP contribution in [0.4, 0.5) is 0 Å². The Labute approximate surface area is 139 Å². The lowest BCUT2D eigenvalue weighted by atomic mass is 10.00. The van der Waals surface area contributed by atoms with Gasteiger partial charge in [-0.15, -0.1) is 12.3 Å². The van der Waals surface area contributed by atoms with Gasteiger partial charge in [0.05, 0.1) is 13.2 Å². The molecular formula is C18H28N2O3. The van der Waals surface area contributed by atoms with Crippen molar-refractivity contribution >= 4 is 11.8 Å². The molecular weight excluding hydrogens is 292 g/mol. The van der Waals surface area contributed by atoms with Gasteiger partial charge in [-0.05, 0) is 38.6 Å². The summed E-state index contributed by atoms with van der Waals surface area (Å²) in [5.41, 5.74) is 5.52. The summed E-state index contributed by atoms with van der Waals surface area (Å²) >= 11 is 0. The average Bonchev–Trinajstić information content (AvgIpc) is 2.86. The van der Waals surface area contributed by atoms with E-state index in [0.717, 1.165) is 38.5 Å². The number of ether oxygens (including phenoxy) is 1. The van der Waals surface area contributed by atoms with Crippen molar-refractivity contribution in [3.05, 3.63) is 11.8 Å². The molecule has 0 bridgehead atoms. The number of amides is 2. The quantitative estimate of drug-likeness (QED) is 0.495. The maximum Gasteiger partial charge on any atom is 0.257 e. The molecule has 0 aromatic heterocycles. The zero-order valence-corrected chi connectivity index (χ0v) is 14.2. The Hall–Kier alpha value is -1.80. The second-order valence-electron chi connectivity index (χ2n) is 5.95. The van der Waals surface area contributed by atoms with Gasteiger partial charge in [0.1, 0.15) is 5.76 Å². The predicted molar refractivity (Wildman–Crippen MR) is 90.1 cm³/mol. The number of methoxy groups -OCH3 is 1. The zero-order chi connectivity index (χ0) is 17.2. The summed E-state index contributed by atoms with van der Waals surface area (Å²) in [6.45, 7) is 2.47. The van der Waals surface area contributed by atoms with Crippen molar-refractivity contribution in [2.24, 2.45) is 11.7 Å². The smallest absolute Gasteiger partial charge is 0.257 e. The van der Waals surface area contributed by atoms with Crippen molar-refractivity contribution < 1.29 is 14.3 Å². The van der Waals surface area contributed by atoms with Crippen LogP contribution in [-0.4, -0.2) is 36.4 Å². The first-order valence-corrected chi connectivity index (χ1v) is 8.33. The van der Waals surface area contributed by atoms with E-state index in [1.165, 1.54) is 18.1 Å². The van der Waals surface area contributed by atoms with Crippen LogP contribution in [0.5, 0.6) is 0 Å². The molecule has 0 unspecified atom stereocenters. The normalized spacial score (nSPS) is 18.5. The highest BCUT2D eigenvalue weighted by Gasteiger charge is 2.39. The summed E-state index contributed by atoms with van der Waals surface area (Å²) in [6, 6.07) is -0.292. The van der Waals surface area contributed by atoms with Gasteiger partial charge in [-0.3, -0.25) is 14.5 Å². The van der Waals surface area contributed by atoms with E-state index < -0.39 is 0 Å². The van der Waals surface area contributed by atoms with Gasteiger partial charge in [0.25, 0.3) is 5.91 Å². The molecule has 1 aliphatic heterocycles. The predicted octanol–water partition coefficient (Wildman–Crippen LogP) is 2.21. The zero-order valence-electron chi connectivity index (χ0n) is 14.2. The van der Waals surface area contributed by atoms with Crippen LogP contribution in [0, 0.1) is 18.3 Å². The van der Waals surface area contributed by atoms with Gasteiger partial charge in [-0.1, -0.05) is 13.3 Å². The number of unbranched alkanes of at least 4 members (excludes halogenated alkanes) is 3. The monoisotopic (exact) mass is 320 g/mol. The minimum absolute atomic E-state index is 0.128. The van der Waals surface area contributed by atoms with Crippen LogP contribution in [0.25, 0.3) is 0 Å². The van der Waals surface area contributed by atoms with E-state index in [4.69, 9.17) is 16.9 Å². The highest BCUT2D eigenvalue weighted by molar-refractivity contribution is 6.04. The van der Waals surface area contributed by atoms with E-state index in [9.17, 15) is 9.59 Å². The molecule has 5 nitrogen and oxygen atoms in total. The van der Waals surface area contributed by atoms with Crippen molar-refractivity contribution in [2.75, 3.05) is 13.7 Å². The molecule has 2 atom stereocenters. The molecule has 128 valence electrons. The van der Waals surface area contributed by atoms with Crippen LogP contribution in [0.2, 0.25) is 0 Å². The van der Waals surface area contributed by atoms with Crippen molar-refractivity contribution in [1.29, 1.82) is 0 Å². The van der Waals surface area contributed by atoms with E-state index in [-0.39, 0.29) is 23.8 Å². The second kappa shape index (κ2) is 10.1. The lowest BCUT2D eigenvalue weighted by Crippen LogP contribution is -2.43. The molecule has 0 fully saturated rings. The summed E-state index contributed by atoms with van der Waals surface area (Å²) in [7, 11) is 1.53. The molecule has 0 spiro atoms. The minimum Gasteiger partial charge on any atom is -0.499 e. The molecule has 2 amide bonds. The van der Waals surface area contributed by atoms with Gasteiger partial charge >= 0.3 is 0 Å². The number of nitrogens with zero attached hydrogens (tertiary/aromatic N) is 1. The van der Waals surface area contributed by atoms with Gasteiger partial charge in [0.15, 0.2) is 0 Å². The van der Waals surface area contributed by atoms with Crippen molar-refractivity contribution in [1.82, 2.24) is 4.90 Å². The Morgan fingerprint density at radius 3 is 2.78 bits per heavy atom. The molecule has 1 rings (SSSR count). The number of nitrogens with two attached hydrogens (primary N) is 1. The fourth-order valence-electron chi connectivity index (χ4n) is 2.82. The first-order valence-electron chi connectivity index (χ1n) is 8.33. The molecule has 1 aliphatic rings. The molecule has 1 heterocycles. The van der Waals surface area contributed by atoms with Crippen LogP contribution >= 0.6 is 0 Å². The maximum atomic E-state index is 12.7. The Bertz CT molecular complexity index is 479. The summed E-state index contributed by atoms with van der Waals surface area (Å²) < 4.78 is 5.29. The minimum atomic E-state index is -0.292. The number of imide groups is 1. The molecule has 0 aliphatic carbocycles. The number of carbonyl (C=O) groups excluding carboxylic acids is 2. The number of terminal acetylenes is 1. The van der Waals surface area contributed by atoms with Gasteiger partial charge < -0.3 is 10.5 Å². The van der Waals surface area contributed by atoms with Crippen molar-refractivity contribution in [3.63, 3.8) is 0 Å².